The number of nitrogens with zero attached hydrogens (tertiary/aromatic N) is 1. The highest BCUT2D eigenvalue weighted by molar-refractivity contribution is 6.35. The predicted molar refractivity (Wildman–Crippen MR) is 78.9 cm³/mol. The Hall–Kier alpha value is -2.22. The Morgan fingerprint density at radius 2 is 2.00 bits per heavy atom. The van der Waals surface area contributed by atoms with E-state index in [0.717, 1.165) is 0 Å². The molecule has 0 saturated carbocycles. The number of nitriles is 1. The highest BCUT2D eigenvalue weighted by atomic mass is 35.5. The summed E-state index contributed by atoms with van der Waals surface area (Å²) in [6.45, 7) is 0.0944. The first-order valence-electron chi connectivity index (χ1n) is 5.85. The maximum atomic E-state index is 11.0. The summed E-state index contributed by atoms with van der Waals surface area (Å²) < 4.78 is 5.52. The SMILES string of the molecule is N#Cc1cc(COc2ccc(Cl)cc2Cl)cc(C(=O)O)c1. The van der Waals surface area contributed by atoms with Gasteiger partial charge in [0.15, 0.2) is 0 Å². The molecule has 2 aromatic carbocycles. The molecule has 0 heterocycles. The highest BCUT2D eigenvalue weighted by Gasteiger charge is 2.08. The summed E-state index contributed by atoms with van der Waals surface area (Å²) in [5.41, 5.74) is 0.864. The number of rotatable bonds is 4. The number of hydrogen-bond acceptors (Lipinski definition) is 3. The van der Waals surface area contributed by atoms with Crippen LogP contribution in [0.3, 0.4) is 0 Å². The summed E-state index contributed by atoms with van der Waals surface area (Å²) in [4.78, 5) is 11.0. The maximum Gasteiger partial charge on any atom is 0.335 e. The standard InChI is InChI=1S/C15H9Cl2NO3/c16-12-1-2-14(13(17)6-12)21-8-10-3-9(7-18)4-11(5-10)15(19)20/h1-6H,8H2,(H,19,20). The Balaban J connectivity index is 2.21. The second-order valence-electron chi connectivity index (χ2n) is 4.20. The van der Waals surface area contributed by atoms with E-state index >= 15 is 0 Å². The Morgan fingerprint density at radius 1 is 1.24 bits per heavy atom. The van der Waals surface area contributed by atoms with Crippen molar-refractivity contribution in [3.05, 3.63) is 63.1 Å². The fraction of sp³-hybridized carbons (Fsp3) is 0.0667. The van der Waals surface area contributed by atoms with E-state index in [1.165, 1.54) is 12.1 Å². The van der Waals surface area contributed by atoms with Crippen LogP contribution in [-0.2, 0) is 6.61 Å². The lowest BCUT2D eigenvalue weighted by Gasteiger charge is -2.09. The van der Waals surface area contributed by atoms with E-state index in [0.29, 0.717) is 21.4 Å². The fourth-order valence-corrected chi connectivity index (χ4v) is 2.18. The number of halogens is 2. The van der Waals surface area contributed by atoms with Gasteiger partial charge in [-0.3, -0.25) is 0 Å². The lowest BCUT2D eigenvalue weighted by Crippen LogP contribution is -2.02. The van der Waals surface area contributed by atoms with Gasteiger partial charge in [-0.25, -0.2) is 4.79 Å². The molecular weight excluding hydrogens is 313 g/mol. The minimum atomic E-state index is -1.10. The summed E-state index contributed by atoms with van der Waals surface area (Å²) >= 11 is 11.8. The molecule has 0 atom stereocenters. The molecule has 21 heavy (non-hydrogen) atoms. The third kappa shape index (κ3) is 3.88. The van der Waals surface area contributed by atoms with Crippen molar-refractivity contribution in [2.24, 2.45) is 0 Å². The van der Waals surface area contributed by atoms with Crippen molar-refractivity contribution >= 4 is 29.2 Å². The molecule has 0 saturated heterocycles. The van der Waals surface area contributed by atoms with Crippen LogP contribution in [-0.4, -0.2) is 11.1 Å². The van der Waals surface area contributed by atoms with Crippen LogP contribution in [0.25, 0.3) is 0 Å². The van der Waals surface area contributed by atoms with E-state index < -0.39 is 5.97 Å². The van der Waals surface area contributed by atoms with E-state index in [2.05, 4.69) is 0 Å². The lowest BCUT2D eigenvalue weighted by molar-refractivity contribution is 0.0696. The zero-order valence-electron chi connectivity index (χ0n) is 10.6. The van der Waals surface area contributed by atoms with Crippen LogP contribution in [0.5, 0.6) is 5.75 Å². The molecule has 2 rings (SSSR count). The number of benzene rings is 2. The van der Waals surface area contributed by atoms with Gasteiger partial charge < -0.3 is 9.84 Å². The molecular formula is C15H9Cl2NO3. The summed E-state index contributed by atoms with van der Waals surface area (Å²) in [7, 11) is 0. The van der Waals surface area contributed by atoms with Crippen molar-refractivity contribution in [2.45, 2.75) is 6.61 Å². The molecule has 106 valence electrons. The number of hydrogen-bond donors (Lipinski definition) is 1. The Kier molecular flexibility index (Phi) is 4.69. The number of aromatic carboxylic acids is 1. The first kappa shape index (κ1) is 15.2. The number of carboxylic acid groups (broad SMARTS) is 1. The predicted octanol–water partition coefficient (Wildman–Crippen LogP) is 4.14. The largest absolute Gasteiger partial charge is 0.487 e. The average Bonchev–Trinajstić information content (AvgIpc) is 2.46. The van der Waals surface area contributed by atoms with Gasteiger partial charge in [-0.15, -0.1) is 0 Å². The van der Waals surface area contributed by atoms with Crippen LogP contribution >= 0.6 is 23.2 Å². The normalized spacial score (nSPS) is 9.95. The number of ether oxygens (including phenoxy) is 1. The third-order valence-electron chi connectivity index (χ3n) is 2.66. The molecule has 0 fully saturated rings. The van der Waals surface area contributed by atoms with Crippen molar-refractivity contribution in [1.82, 2.24) is 0 Å². The minimum Gasteiger partial charge on any atom is -0.487 e. The van der Waals surface area contributed by atoms with Gasteiger partial charge in [-0.05, 0) is 42.0 Å². The van der Waals surface area contributed by atoms with Gasteiger partial charge >= 0.3 is 5.97 Å². The van der Waals surface area contributed by atoms with E-state index in [9.17, 15) is 4.79 Å². The first-order chi connectivity index (χ1) is 9.99. The molecule has 6 heteroatoms. The van der Waals surface area contributed by atoms with Gasteiger partial charge in [-0.2, -0.15) is 5.26 Å². The van der Waals surface area contributed by atoms with Gasteiger partial charge in [-0.1, -0.05) is 23.2 Å². The minimum absolute atomic E-state index is 0.0369. The Labute approximate surface area is 131 Å². The second kappa shape index (κ2) is 6.49. The zero-order chi connectivity index (χ0) is 15.4. The zero-order valence-corrected chi connectivity index (χ0v) is 12.1. The summed E-state index contributed by atoms with van der Waals surface area (Å²) in [6.07, 6.45) is 0. The van der Waals surface area contributed by atoms with Crippen LogP contribution in [0, 0.1) is 11.3 Å². The molecule has 0 bridgehead atoms. The van der Waals surface area contributed by atoms with E-state index in [1.807, 2.05) is 6.07 Å². The van der Waals surface area contributed by atoms with E-state index in [1.54, 1.807) is 24.3 Å². The summed E-state index contributed by atoms with van der Waals surface area (Å²) in [6, 6.07) is 11.0. The summed E-state index contributed by atoms with van der Waals surface area (Å²) in [5.74, 6) is -0.668. The summed E-state index contributed by atoms with van der Waals surface area (Å²) in [5, 5.41) is 18.8. The Bertz CT molecular complexity index is 738. The van der Waals surface area contributed by atoms with Crippen molar-refractivity contribution < 1.29 is 14.6 Å². The molecule has 0 radical (unpaired) electrons. The Morgan fingerprint density at radius 3 is 2.62 bits per heavy atom. The van der Waals surface area contributed by atoms with Gasteiger partial charge in [0.2, 0.25) is 0 Å². The van der Waals surface area contributed by atoms with Crippen molar-refractivity contribution in [1.29, 1.82) is 5.26 Å². The molecule has 0 unspecified atom stereocenters. The molecule has 1 N–H and O–H groups in total. The molecule has 0 aliphatic rings. The van der Waals surface area contributed by atoms with Gasteiger partial charge in [0.25, 0.3) is 0 Å². The van der Waals surface area contributed by atoms with Crippen molar-refractivity contribution in [3.8, 4) is 11.8 Å². The van der Waals surface area contributed by atoms with Crippen LogP contribution in [0.1, 0.15) is 21.5 Å². The number of carbonyl (C=O) groups is 1. The van der Waals surface area contributed by atoms with Crippen LogP contribution in [0.15, 0.2) is 36.4 Å². The monoisotopic (exact) mass is 321 g/mol. The maximum absolute atomic E-state index is 11.0. The fourth-order valence-electron chi connectivity index (χ4n) is 1.72. The molecule has 0 aliphatic heterocycles. The van der Waals surface area contributed by atoms with Gasteiger partial charge in [0.05, 0.1) is 22.2 Å². The van der Waals surface area contributed by atoms with Crippen molar-refractivity contribution in [3.63, 3.8) is 0 Å². The van der Waals surface area contributed by atoms with Crippen LogP contribution in [0.2, 0.25) is 10.0 Å². The lowest BCUT2D eigenvalue weighted by atomic mass is 10.1. The first-order valence-corrected chi connectivity index (χ1v) is 6.60. The van der Waals surface area contributed by atoms with E-state index in [-0.39, 0.29) is 17.7 Å². The molecule has 4 nitrogen and oxygen atoms in total. The van der Waals surface area contributed by atoms with Gasteiger partial charge in [0.1, 0.15) is 12.4 Å². The quantitative estimate of drug-likeness (QED) is 0.918. The number of carboxylic acids is 1. The molecule has 0 amide bonds. The average molecular weight is 322 g/mol. The topological polar surface area (TPSA) is 70.3 Å². The highest BCUT2D eigenvalue weighted by Crippen LogP contribution is 2.28. The smallest absolute Gasteiger partial charge is 0.335 e. The second-order valence-corrected chi connectivity index (χ2v) is 5.04. The van der Waals surface area contributed by atoms with E-state index in [4.69, 9.17) is 38.3 Å². The molecule has 0 spiro atoms. The molecule has 0 aromatic heterocycles. The molecule has 2 aromatic rings. The molecule has 0 aliphatic carbocycles. The van der Waals surface area contributed by atoms with Crippen LogP contribution in [0.4, 0.5) is 0 Å². The van der Waals surface area contributed by atoms with Crippen molar-refractivity contribution in [2.75, 3.05) is 0 Å². The van der Waals surface area contributed by atoms with Gasteiger partial charge in [0, 0.05) is 5.02 Å². The van der Waals surface area contributed by atoms with Crippen LogP contribution < -0.4 is 4.74 Å². The third-order valence-corrected chi connectivity index (χ3v) is 3.19.